The van der Waals surface area contributed by atoms with Gasteiger partial charge in [0, 0.05) is 12.4 Å². The van der Waals surface area contributed by atoms with Crippen molar-refractivity contribution in [3.8, 4) is 5.75 Å². The number of benzene rings is 2. The maximum Gasteiger partial charge on any atom is 0.193 e. The van der Waals surface area contributed by atoms with E-state index in [0.29, 0.717) is 0 Å². The van der Waals surface area contributed by atoms with Crippen molar-refractivity contribution in [3.05, 3.63) is 88.2 Å². The summed E-state index contributed by atoms with van der Waals surface area (Å²) in [6.07, 6.45) is 2.66. The number of aliphatic hydroxyl groups excluding tert-OH is 1. The molecule has 0 saturated carbocycles. The molecule has 4 rings (SSSR count). The molecule has 31 heavy (non-hydrogen) atoms. The van der Waals surface area contributed by atoms with Crippen LogP contribution in [-0.4, -0.2) is 23.5 Å². The van der Waals surface area contributed by atoms with Crippen LogP contribution in [0, 0.1) is 5.82 Å². The molecular formula is C22H18ClFN2O4S. The van der Waals surface area contributed by atoms with Gasteiger partial charge in [0.1, 0.15) is 33.5 Å². The minimum atomic E-state index is -4.31. The summed E-state index contributed by atoms with van der Waals surface area (Å²) in [4.78, 5) is 7.55. The third-order valence-corrected chi connectivity index (χ3v) is 7.93. The second-order valence-electron chi connectivity index (χ2n) is 7.45. The number of aliphatic hydroxyl groups is 1. The van der Waals surface area contributed by atoms with Crippen LogP contribution in [0.3, 0.4) is 0 Å². The van der Waals surface area contributed by atoms with E-state index in [4.69, 9.17) is 16.3 Å². The van der Waals surface area contributed by atoms with Gasteiger partial charge in [-0.05, 0) is 31.5 Å². The minimum absolute atomic E-state index is 0.00517. The zero-order chi connectivity index (χ0) is 22.4. The second-order valence-corrected chi connectivity index (χ2v) is 10.3. The highest BCUT2D eigenvalue weighted by Crippen LogP contribution is 2.50. The number of sulfone groups is 1. The van der Waals surface area contributed by atoms with Gasteiger partial charge >= 0.3 is 0 Å². The van der Waals surface area contributed by atoms with Crippen molar-refractivity contribution < 1.29 is 22.7 Å². The number of hydrogen-bond donors (Lipinski definition) is 1. The van der Waals surface area contributed by atoms with E-state index < -0.39 is 36.6 Å². The highest BCUT2D eigenvalue weighted by atomic mass is 35.5. The lowest BCUT2D eigenvalue weighted by molar-refractivity contribution is 0.304. The Morgan fingerprint density at radius 3 is 2.48 bits per heavy atom. The zero-order valence-electron chi connectivity index (χ0n) is 16.6. The largest absolute Gasteiger partial charge is 0.504 e. The van der Waals surface area contributed by atoms with Crippen molar-refractivity contribution in [2.24, 2.45) is 0 Å². The summed E-state index contributed by atoms with van der Waals surface area (Å²) in [5, 5.41) is 10.9. The molecule has 1 aliphatic rings. The number of ether oxygens (including phenoxy) is 1. The van der Waals surface area contributed by atoms with Gasteiger partial charge in [0.2, 0.25) is 0 Å². The lowest BCUT2D eigenvalue weighted by Gasteiger charge is -2.32. The van der Waals surface area contributed by atoms with Gasteiger partial charge in [-0.3, -0.25) is 4.98 Å². The van der Waals surface area contributed by atoms with Gasteiger partial charge in [-0.25, -0.2) is 17.8 Å². The molecule has 0 fully saturated rings. The standard InChI is InChI=1S/C22H18ClFN2O4S/c1-22(2)21-17(25-10-11-26-21)18(27)20(31(22,28)29)16-15(24)9-8-14(23)19(16)30-12-13-6-4-3-5-7-13/h3-11,27H,12H2,1-2H3. The first kappa shape index (κ1) is 21.3. The van der Waals surface area contributed by atoms with Gasteiger partial charge in [-0.2, -0.15) is 0 Å². The highest BCUT2D eigenvalue weighted by Gasteiger charge is 2.50. The van der Waals surface area contributed by atoms with Crippen molar-refractivity contribution in [2.75, 3.05) is 0 Å². The molecule has 0 bridgehead atoms. The molecule has 0 spiro atoms. The molecule has 0 atom stereocenters. The first-order valence-electron chi connectivity index (χ1n) is 9.31. The van der Waals surface area contributed by atoms with Gasteiger partial charge in [0.05, 0.1) is 16.3 Å². The summed E-state index contributed by atoms with van der Waals surface area (Å²) in [5.41, 5.74) is 0.372. The molecule has 160 valence electrons. The molecule has 3 aromatic rings. The van der Waals surface area contributed by atoms with Crippen LogP contribution in [0.5, 0.6) is 5.75 Å². The summed E-state index contributed by atoms with van der Waals surface area (Å²) in [7, 11) is -4.31. The van der Waals surface area contributed by atoms with Crippen molar-refractivity contribution in [2.45, 2.75) is 25.2 Å². The molecule has 2 heterocycles. The van der Waals surface area contributed by atoms with Crippen LogP contribution in [-0.2, 0) is 21.2 Å². The maximum atomic E-state index is 15.1. The number of halogens is 2. The molecule has 0 aliphatic carbocycles. The SMILES string of the molecule is CC1(C)c2nccnc2C(O)=C(c2c(F)ccc(Cl)c2OCc2ccccc2)S1(=O)=O. The van der Waals surface area contributed by atoms with Crippen LogP contribution in [0.25, 0.3) is 10.7 Å². The van der Waals surface area contributed by atoms with E-state index in [1.165, 1.54) is 32.3 Å². The molecule has 0 unspecified atom stereocenters. The molecular weight excluding hydrogens is 443 g/mol. The third-order valence-electron chi connectivity index (χ3n) is 5.16. The van der Waals surface area contributed by atoms with Gasteiger partial charge < -0.3 is 9.84 Å². The predicted molar refractivity (Wildman–Crippen MR) is 116 cm³/mol. The van der Waals surface area contributed by atoms with Crippen molar-refractivity contribution in [3.63, 3.8) is 0 Å². The summed E-state index contributed by atoms with van der Waals surface area (Å²) in [5.74, 6) is -1.78. The van der Waals surface area contributed by atoms with Gasteiger partial charge in [-0.15, -0.1) is 0 Å². The number of rotatable bonds is 4. The number of nitrogens with zero attached hydrogens (tertiary/aromatic N) is 2. The molecule has 1 aliphatic heterocycles. The third kappa shape index (κ3) is 3.36. The van der Waals surface area contributed by atoms with E-state index >= 15 is 4.39 Å². The minimum Gasteiger partial charge on any atom is -0.504 e. The average molecular weight is 461 g/mol. The summed E-state index contributed by atoms with van der Waals surface area (Å²) < 4.78 is 46.4. The van der Waals surface area contributed by atoms with Crippen LogP contribution in [0.1, 0.15) is 36.4 Å². The Labute approximate surface area is 183 Å². The zero-order valence-corrected chi connectivity index (χ0v) is 18.2. The Morgan fingerprint density at radius 1 is 1.10 bits per heavy atom. The number of hydrogen-bond acceptors (Lipinski definition) is 6. The van der Waals surface area contributed by atoms with Crippen LogP contribution < -0.4 is 4.74 Å². The number of aromatic nitrogens is 2. The molecule has 0 amide bonds. The molecule has 1 aromatic heterocycles. The Kier molecular flexibility index (Phi) is 5.23. The Balaban J connectivity index is 1.96. The van der Waals surface area contributed by atoms with E-state index in [9.17, 15) is 13.5 Å². The Hall–Kier alpha value is -2.97. The van der Waals surface area contributed by atoms with E-state index in [0.717, 1.165) is 11.6 Å². The monoisotopic (exact) mass is 460 g/mol. The molecule has 0 radical (unpaired) electrons. The van der Waals surface area contributed by atoms with Crippen molar-refractivity contribution in [1.82, 2.24) is 9.97 Å². The van der Waals surface area contributed by atoms with Gasteiger partial charge in [0.25, 0.3) is 0 Å². The maximum absolute atomic E-state index is 15.1. The van der Waals surface area contributed by atoms with E-state index in [1.54, 1.807) is 12.1 Å². The van der Waals surface area contributed by atoms with Crippen molar-refractivity contribution >= 4 is 32.1 Å². The lowest BCUT2D eigenvalue weighted by Crippen LogP contribution is -2.36. The highest BCUT2D eigenvalue weighted by molar-refractivity contribution is 8.01. The lowest BCUT2D eigenvalue weighted by atomic mass is 10.0. The first-order valence-corrected chi connectivity index (χ1v) is 11.2. The van der Waals surface area contributed by atoms with Gasteiger partial charge in [-0.1, -0.05) is 41.9 Å². The normalized spacial score (nSPS) is 16.6. The Bertz CT molecular complexity index is 1310. The molecule has 2 aromatic carbocycles. The number of fused-ring (bicyclic) bond motifs is 1. The molecule has 6 nitrogen and oxygen atoms in total. The predicted octanol–water partition coefficient (Wildman–Crippen LogP) is 4.90. The first-order chi connectivity index (χ1) is 14.7. The summed E-state index contributed by atoms with van der Waals surface area (Å²) in [6.45, 7) is 2.87. The Morgan fingerprint density at radius 2 is 1.77 bits per heavy atom. The second kappa shape index (κ2) is 7.62. The van der Waals surface area contributed by atoms with E-state index in [-0.39, 0.29) is 28.8 Å². The summed E-state index contributed by atoms with van der Waals surface area (Å²) in [6, 6.07) is 11.4. The fraction of sp³-hybridized carbons (Fsp3) is 0.182. The van der Waals surface area contributed by atoms with E-state index in [2.05, 4.69) is 9.97 Å². The van der Waals surface area contributed by atoms with Crippen LogP contribution in [0.2, 0.25) is 5.02 Å². The molecule has 9 heteroatoms. The van der Waals surface area contributed by atoms with Gasteiger partial charge in [0.15, 0.2) is 15.6 Å². The van der Waals surface area contributed by atoms with Crippen molar-refractivity contribution in [1.29, 1.82) is 0 Å². The van der Waals surface area contributed by atoms with E-state index in [1.807, 2.05) is 18.2 Å². The molecule has 0 saturated heterocycles. The fourth-order valence-electron chi connectivity index (χ4n) is 3.44. The molecule has 1 N–H and O–H groups in total. The smallest absolute Gasteiger partial charge is 0.193 e. The average Bonchev–Trinajstić information content (AvgIpc) is 2.75. The quantitative estimate of drug-likeness (QED) is 0.596. The topological polar surface area (TPSA) is 89.4 Å². The fourth-order valence-corrected chi connectivity index (χ4v) is 5.37. The van der Waals surface area contributed by atoms with Crippen LogP contribution in [0.15, 0.2) is 54.9 Å². The van der Waals surface area contributed by atoms with Crippen LogP contribution >= 0.6 is 11.6 Å². The van der Waals surface area contributed by atoms with Crippen LogP contribution in [0.4, 0.5) is 4.39 Å². The summed E-state index contributed by atoms with van der Waals surface area (Å²) >= 11 is 6.28.